The van der Waals surface area contributed by atoms with Gasteiger partial charge in [-0.25, -0.2) is 0 Å². The van der Waals surface area contributed by atoms with Gasteiger partial charge in [-0.15, -0.1) is 0 Å². The molecular formula is C14H18BrNO. The van der Waals surface area contributed by atoms with E-state index in [1.807, 2.05) is 24.3 Å². The fourth-order valence-electron chi connectivity index (χ4n) is 2.61. The Morgan fingerprint density at radius 3 is 2.76 bits per heavy atom. The third kappa shape index (κ3) is 2.39. The zero-order valence-corrected chi connectivity index (χ0v) is 11.9. The number of carbonyl (C=O) groups is 1. The standard InChI is InChI=1S/C14H18BrNO/c1-3-11-9-8-10(2)16(11)14(17)12-6-4-5-7-13(12)15/h4-7,10-11H,3,8-9H2,1-2H3. The molecule has 1 saturated heterocycles. The van der Waals surface area contributed by atoms with Crippen LogP contribution in [-0.4, -0.2) is 22.9 Å². The number of hydrogen-bond donors (Lipinski definition) is 0. The van der Waals surface area contributed by atoms with E-state index in [1.54, 1.807) is 0 Å². The summed E-state index contributed by atoms with van der Waals surface area (Å²) < 4.78 is 0.888. The van der Waals surface area contributed by atoms with Crippen molar-refractivity contribution in [2.75, 3.05) is 0 Å². The molecule has 0 N–H and O–H groups in total. The number of carbonyl (C=O) groups excluding carboxylic acids is 1. The van der Waals surface area contributed by atoms with Crippen LogP contribution in [0, 0.1) is 0 Å². The number of nitrogens with zero attached hydrogens (tertiary/aromatic N) is 1. The van der Waals surface area contributed by atoms with Crippen LogP contribution in [0.15, 0.2) is 28.7 Å². The summed E-state index contributed by atoms with van der Waals surface area (Å²) in [6, 6.07) is 8.44. The third-order valence-electron chi connectivity index (χ3n) is 3.60. The summed E-state index contributed by atoms with van der Waals surface area (Å²) in [4.78, 5) is 14.6. The van der Waals surface area contributed by atoms with Crippen molar-refractivity contribution in [2.45, 2.75) is 45.2 Å². The van der Waals surface area contributed by atoms with Crippen molar-refractivity contribution in [3.8, 4) is 0 Å². The maximum absolute atomic E-state index is 12.5. The van der Waals surface area contributed by atoms with Gasteiger partial charge in [-0.1, -0.05) is 19.1 Å². The van der Waals surface area contributed by atoms with Gasteiger partial charge in [-0.2, -0.15) is 0 Å². The summed E-state index contributed by atoms with van der Waals surface area (Å²) in [6.45, 7) is 4.30. The highest BCUT2D eigenvalue weighted by Crippen LogP contribution is 2.29. The SMILES string of the molecule is CCC1CCC(C)N1C(=O)c1ccccc1Br. The van der Waals surface area contributed by atoms with Crippen LogP contribution in [0.5, 0.6) is 0 Å². The number of rotatable bonds is 2. The maximum atomic E-state index is 12.5. The average Bonchev–Trinajstić information content (AvgIpc) is 2.70. The smallest absolute Gasteiger partial charge is 0.255 e. The minimum absolute atomic E-state index is 0.161. The molecule has 1 aliphatic rings. The molecule has 2 unspecified atom stereocenters. The molecule has 2 atom stereocenters. The summed E-state index contributed by atoms with van der Waals surface area (Å²) in [5, 5.41) is 0. The van der Waals surface area contributed by atoms with E-state index in [2.05, 4.69) is 34.7 Å². The Hall–Kier alpha value is -0.830. The largest absolute Gasteiger partial charge is 0.333 e. The number of hydrogen-bond acceptors (Lipinski definition) is 1. The second-order valence-electron chi connectivity index (χ2n) is 4.68. The van der Waals surface area contributed by atoms with E-state index in [0.717, 1.165) is 29.3 Å². The quantitative estimate of drug-likeness (QED) is 0.811. The van der Waals surface area contributed by atoms with E-state index in [-0.39, 0.29) is 5.91 Å². The molecule has 92 valence electrons. The van der Waals surface area contributed by atoms with Gasteiger partial charge < -0.3 is 4.90 Å². The summed E-state index contributed by atoms with van der Waals surface area (Å²) in [5.74, 6) is 0.161. The van der Waals surface area contributed by atoms with E-state index in [4.69, 9.17) is 0 Å². The molecule has 0 bridgehead atoms. The Kier molecular flexibility index (Phi) is 3.87. The van der Waals surface area contributed by atoms with Crippen molar-refractivity contribution >= 4 is 21.8 Å². The minimum atomic E-state index is 0.161. The zero-order valence-electron chi connectivity index (χ0n) is 10.3. The molecule has 0 aromatic heterocycles. The third-order valence-corrected chi connectivity index (χ3v) is 4.29. The molecule has 0 radical (unpaired) electrons. The molecule has 1 fully saturated rings. The molecule has 1 heterocycles. The number of amides is 1. The first kappa shape index (κ1) is 12.6. The van der Waals surface area contributed by atoms with Gasteiger partial charge in [0.2, 0.25) is 0 Å². The molecule has 1 amide bonds. The predicted octanol–water partition coefficient (Wildman–Crippen LogP) is 3.85. The second kappa shape index (κ2) is 5.21. The van der Waals surface area contributed by atoms with Crippen LogP contribution in [0.2, 0.25) is 0 Å². The predicted molar refractivity (Wildman–Crippen MR) is 73.1 cm³/mol. The Bertz CT molecular complexity index is 418. The van der Waals surface area contributed by atoms with Crippen LogP contribution in [0.25, 0.3) is 0 Å². The van der Waals surface area contributed by atoms with Gasteiger partial charge in [0.25, 0.3) is 5.91 Å². The first-order valence-corrected chi connectivity index (χ1v) is 7.01. The Morgan fingerprint density at radius 1 is 1.41 bits per heavy atom. The van der Waals surface area contributed by atoms with E-state index in [1.165, 1.54) is 0 Å². The van der Waals surface area contributed by atoms with E-state index in [0.29, 0.717) is 12.1 Å². The van der Waals surface area contributed by atoms with Gasteiger partial charge >= 0.3 is 0 Å². The lowest BCUT2D eigenvalue weighted by Crippen LogP contribution is -2.39. The van der Waals surface area contributed by atoms with Crippen LogP contribution in [0.1, 0.15) is 43.5 Å². The Balaban J connectivity index is 2.28. The van der Waals surface area contributed by atoms with Crippen LogP contribution in [-0.2, 0) is 0 Å². The molecule has 0 spiro atoms. The molecule has 17 heavy (non-hydrogen) atoms. The van der Waals surface area contributed by atoms with Crippen LogP contribution in [0.4, 0.5) is 0 Å². The summed E-state index contributed by atoms with van der Waals surface area (Å²) in [7, 11) is 0. The lowest BCUT2D eigenvalue weighted by molar-refractivity contribution is 0.0675. The summed E-state index contributed by atoms with van der Waals surface area (Å²) >= 11 is 3.46. The van der Waals surface area contributed by atoms with Crippen molar-refractivity contribution in [2.24, 2.45) is 0 Å². The lowest BCUT2D eigenvalue weighted by atomic mass is 10.1. The van der Waals surface area contributed by atoms with E-state index in [9.17, 15) is 4.79 Å². The van der Waals surface area contributed by atoms with Gasteiger partial charge in [0.1, 0.15) is 0 Å². The van der Waals surface area contributed by atoms with Gasteiger partial charge in [0, 0.05) is 16.6 Å². The zero-order chi connectivity index (χ0) is 12.4. The Labute approximate surface area is 111 Å². The fourth-order valence-corrected chi connectivity index (χ4v) is 3.07. The van der Waals surface area contributed by atoms with Crippen LogP contribution in [0.3, 0.4) is 0 Å². The number of halogens is 1. The highest BCUT2D eigenvalue weighted by atomic mass is 79.9. The first-order valence-electron chi connectivity index (χ1n) is 6.22. The molecule has 1 aliphatic heterocycles. The highest BCUT2D eigenvalue weighted by molar-refractivity contribution is 9.10. The van der Waals surface area contributed by atoms with Crippen molar-refractivity contribution < 1.29 is 4.79 Å². The monoisotopic (exact) mass is 295 g/mol. The van der Waals surface area contributed by atoms with Gasteiger partial charge in [0.15, 0.2) is 0 Å². The number of likely N-dealkylation sites (tertiary alicyclic amines) is 1. The maximum Gasteiger partial charge on any atom is 0.255 e. The molecule has 2 nitrogen and oxygen atoms in total. The minimum Gasteiger partial charge on any atom is -0.333 e. The summed E-state index contributed by atoms with van der Waals surface area (Å²) in [6.07, 6.45) is 3.29. The van der Waals surface area contributed by atoms with Crippen molar-refractivity contribution in [3.05, 3.63) is 34.3 Å². The van der Waals surface area contributed by atoms with Crippen molar-refractivity contribution in [3.63, 3.8) is 0 Å². The van der Waals surface area contributed by atoms with Crippen LogP contribution < -0.4 is 0 Å². The second-order valence-corrected chi connectivity index (χ2v) is 5.54. The summed E-state index contributed by atoms with van der Waals surface area (Å²) in [5.41, 5.74) is 0.778. The van der Waals surface area contributed by atoms with Gasteiger partial charge in [-0.3, -0.25) is 4.79 Å². The van der Waals surface area contributed by atoms with E-state index >= 15 is 0 Å². The molecule has 1 aromatic carbocycles. The lowest BCUT2D eigenvalue weighted by Gasteiger charge is -2.28. The molecule has 0 saturated carbocycles. The molecule has 3 heteroatoms. The number of benzene rings is 1. The molecule has 1 aromatic rings. The molecular weight excluding hydrogens is 278 g/mol. The van der Waals surface area contributed by atoms with Gasteiger partial charge in [0.05, 0.1) is 5.56 Å². The topological polar surface area (TPSA) is 20.3 Å². The van der Waals surface area contributed by atoms with Gasteiger partial charge in [-0.05, 0) is 54.2 Å². The molecule has 0 aliphatic carbocycles. The normalized spacial score (nSPS) is 24.1. The Morgan fingerprint density at radius 2 is 2.12 bits per heavy atom. The van der Waals surface area contributed by atoms with Crippen molar-refractivity contribution in [1.82, 2.24) is 4.90 Å². The average molecular weight is 296 g/mol. The van der Waals surface area contributed by atoms with E-state index < -0.39 is 0 Å². The van der Waals surface area contributed by atoms with Crippen LogP contribution >= 0.6 is 15.9 Å². The first-order chi connectivity index (χ1) is 8.15. The fraction of sp³-hybridized carbons (Fsp3) is 0.500. The highest BCUT2D eigenvalue weighted by Gasteiger charge is 2.34. The van der Waals surface area contributed by atoms with Crippen molar-refractivity contribution in [1.29, 1.82) is 0 Å². The molecule has 2 rings (SSSR count).